The second-order valence-electron chi connectivity index (χ2n) is 4.86. The third-order valence-corrected chi connectivity index (χ3v) is 3.27. The van der Waals surface area contributed by atoms with Crippen LogP contribution in [0.2, 0.25) is 0 Å². The van der Waals surface area contributed by atoms with E-state index in [4.69, 9.17) is 10.5 Å². The molecule has 1 amide bonds. The molecule has 0 aromatic carbocycles. The zero-order valence-electron chi connectivity index (χ0n) is 11.4. The second kappa shape index (κ2) is 10.6. The first kappa shape index (κ1) is 17.7. The Bertz CT molecular complexity index is 221. The lowest BCUT2D eigenvalue weighted by Crippen LogP contribution is -2.33. The molecule has 0 aromatic heterocycles. The first-order chi connectivity index (χ1) is 8.24. The number of amides is 1. The Labute approximate surface area is 117 Å². The van der Waals surface area contributed by atoms with E-state index in [-0.39, 0.29) is 24.4 Å². The molecule has 1 aliphatic rings. The second-order valence-corrected chi connectivity index (χ2v) is 4.86. The smallest absolute Gasteiger partial charge is 0.222 e. The van der Waals surface area contributed by atoms with E-state index in [1.165, 1.54) is 0 Å². The van der Waals surface area contributed by atoms with E-state index in [1.54, 1.807) is 0 Å². The van der Waals surface area contributed by atoms with Gasteiger partial charge in [0.15, 0.2) is 0 Å². The summed E-state index contributed by atoms with van der Waals surface area (Å²) in [6, 6.07) is 0. The average Bonchev–Trinajstić information content (AvgIpc) is 2.81. The van der Waals surface area contributed by atoms with E-state index >= 15 is 0 Å². The van der Waals surface area contributed by atoms with Crippen LogP contribution in [0.25, 0.3) is 0 Å². The summed E-state index contributed by atoms with van der Waals surface area (Å²) in [7, 11) is 1.88. The summed E-state index contributed by atoms with van der Waals surface area (Å²) in [5.41, 5.74) is 5.42. The van der Waals surface area contributed by atoms with Gasteiger partial charge in [-0.15, -0.1) is 12.4 Å². The number of nitrogens with two attached hydrogens (primary N) is 1. The minimum atomic E-state index is 0. The summed E-state index contributed by atoms with van der Waals surface area (Å²) < 4.78 is 5.52. The average molecular weight is 279 g/mol. The van der Waals surface area contributed by atoms with Gasteiger partial charge in [-0.05, 0) is 32.2 Å². The van der Waals surface area contributed by atoms with Crippen LogP contribution in [0.15, 0.2) is 0 Å². The van der Waals surface area contributed by atoms with Crippen LogP contribution >= 0.6 is 12.4 Å². The van der Waals surface area contributed by atoms with E-state index in [2.05, 4.69) is 0 Å². The van der Waals surface area contributed by atoms with Crippen molar-refractivity contribution in [3.63, 3.8) is 0 Å². The van der Waals surface area contributed by atoms with Crippen molar-refractivity contribution in [2.24, 2.45) is 5.73 Å². The molecule has 1 unspecified atom stereocenters. The van der Waals surface area contributed by atoms with Gasteiger partial charge < -0.3 is 15.4 Å². The van der Waals surface area contributed by atoms with Gasteiger partial charge in [0, 0.05) is 26.6 Å². The fourth-order valence-electron chi connectivity index (χ4n) is 2.16. The van der Waals surface area contributed by atoms with Crippen LogP contribution in [-0.2, 0) is 9.53 Å². The van der Waals surface area contributed by atoms with E-state index in [0.29, 0.717) is 6.42 Å². The predicted molar refractivity (Wildman–Crippen MR) is 76.0 cm³/mol. The molecular formula is C13H27ClN2O2. The first-order valence-corrected chi connectivity index (χ1v) is 6.79. The minimum absolute atomic E-state index is 0. The Morgan fingerprint density at radius 2 is 2.06 bits per heavy atom. The van der Waals surface area contributed by atoms with Gasteiger partial charge in [-0.1, -0.05) is 12.8 Å². The molecule has 5 heteroatoms. The number of unbranched alkanes of at least 4 members (excludes halogenated alkanes) is 3. The van der Waals surface area contributed by atoms with Gasteiger partial charge in [0.05, 0.1) is 6.10 Å². The lowest BCUT2D eigenvalue weighted by atomic mass is 10.1. The van der Waals surface area contributed by atoms with Crippen molar-refractivity contribution in [2.45, 2.75) is 51.0 Å². The largest absolute Gasteiger partial charge is 0.376 e. The fraction of sp³-hybridized carbons (Fsp3) is 0.923. The molecule has 2 N–H and O–H groups in total. The highest BCUT2D eigenvalue weighted by Gasteiger charge is 2.19. The quantitative estimate of drug-likeness (QED) is 0.691. The first-order valence-electron chi connectivity index (χ1n) is 6.79. The highest BCUT2D eigenvalue weighted by atomic mass is 35.5. The molecule has 0 radical (unpaired) electrons. The number of rotatable bonds is 8. The van der Waals surface area contributed by atoms with Gasteiger partial charge in [-0.2, -0.15) is 0 Å². The van der Waals surface area contributed by atoms with Crippen LogP contribution < -0.4 is 5.73 Å². The zero-order valence-corrected chi connectivity index (χ0v) is 12.2. The molecule has 0 aromatic rings. The van der Waals surface area contributed by atoms with Crippen molar-refractivity contribution in [1.29, 1.82) is 0 Å². The van der Waals surface area contributed by atoms with Crippen LogP contribution in [0, 0.1) is 0 Å². The van der Waals surface area contributed by atoms with E-state index in [0.717, 1.165) is 58.2 Å². The molecule has 1 heterocycles. The van der Waals surface area contributed by atoms with E-state index < -0.39 is 0 Å². The highest BCUT2D eigenvalue weighted by molar-refractivity contribution is 5.85. The van der Waals surface area contributed by atoms with Gasteiger partial charge >= 0.3 is 0 Å². The summed E-state index contributed by atoms with van der Waals surface area (Å²) in [5, 5.41) is 0. The normalized spacial score (nSPS) is 18.4. The van der Waals surface area contributed by atoms with Crippen molar-refractivity contribution in [3.05, 3.63) is 0 Å². The van der Waals surface area contributed by atoms with Crippen molar-refractivity contribution < 1.29 is 9.53 Å². The Morgan fingerprint density at radius 3 is 2.67 bits per heavy atom. The monoisotopic (exact) mass is 278 g/mol. The molecule has 0 spiro atoms. The molecule has 0 bridgehead atoms. The summed E-state index contributed by atoms with van der Waals surface area (Å²) in [5.74, 6) is 0.244. The third-order valence-electron chi connectivity index (χ3n) is 3.27. The summed E-state index contributed by atoms with van der Waals surface area (Å²) in [6.45, 7) is 2.36. The molecule has 1 aliphatic heterocycles. The number of ether oxygens (including phenoxy) is 1. The lowest BCUT2D eigenvalue weighted by molar-refractivity contribution is -0.131. The zero-order chi connectivity index (χ0) is 12.5. The van der Waals surface area contributed by atoms with Crippen molar-refractivity contribution in [2.75, 3.05) is 26.7 Å². The lowest BCUT2D eigenvalue weighted by Gasteiger charge is -2.20. The number of carbonyl (C=O) groups is 1. The molecule has 0 saturated carbocycles. The number of hydrogen-bond acceptors (Lipinski definition) is 3. The number of hydrogen-bond donors (Lipinski definition) is 1. The number of carbonyl (C=O) groups excluding carboxylic acids is 1. The predicted octanol–water partition coefficient (Wildman–Crippen LogP) is 1.95. The molecule has 0 aliphatic carbocycles. The van der Waals surface area contributed by atoms with Crippen LogP contribution in [0.3, 0.4) is 0 Å². The molecule has 1 saturated heterocycles. The summed E-state index contributed by atoms with van der Waals surface area (Å²) in [4.78, 5) is 13.6. The molecule has 1 rings (SSSR count). The third kappa shape index (κ3) is 7.19. The molecule has 1 atom stereocenters. The molecule has 18 heavy (non-hydrogen) atoms. The summed E-state index contributed by atoms with van der Waals surface area (Å²) >= 11 is 0. The van der Waals surface area contributed by atoms with Crippen LogP contribution in [-0.4, -0.2) is 43.7 Å². The van der Waals surface area contributed by atoms with Gasteiger partial charge in [0.1, 0.15) is 0 Å². The van der Waals surface area contributed by atoms with Gasteiger partial charge in [0.25, 0.3) is 0 Å². The Hall–Kier alpha value is -0.320. The van der Waals surface area contributed by atoms with Crippen molar-refractivity contribution >= 4 is 18.3 Å². The van der Waals surface area contributed by atoms with Crippen molar-refractivity contribution in [1.82, 2.24) is 4.90 Å². The van der Waals surface area contributed by atoms with Crippen LogP contribution in [0.5, 0.6) is 0 Å². The molecule has 108 valence electrons. The Morgan fingerprint density at radius 1 is 1.33 bits per heavy atom. The van der Waals surface area contributed by atoms with Gasteiger partial charge in [0.2, 0.25) is 5.91 Å². The maximum atomic E-state index is 11.8. The Balaban J connectivity index is 0.00000289. The summed E-state index contributed by atoms with van der Waals surface area (Å²) in [6.07, 6.45) is 7.44. The molecule has 1 fully saturated rings. The van der Waals surface area contributed by atoms with Crippen molar-refractivity contribution in [3.8, 4) is 0 Å². The van der Waals surface area contributed by atoms with Crippen LogP contribution in [0.4, 0.5) is 0 Å². The number of halogens is 1. The number of nitrogens with zero attached hydrogens (tertiary/aromatic N) is 1. The maximum absolute atomic E-state index is 11.8. The topological polar surface area (TPSA) is 55.6 Å². The maximum Gasteiger partial charge on any atom is 0.222 e. The van der Waals surface area contributed by atoms with E-state index in [1.807, 2.05) is 11.9 Å². The standard InChI is InChI=1S/C13H26N2O2.ClH/c1-15(11-12-7-6-10-17-12)13(16)8-4-2-3-5-9-14;/h12H,2-11,14H2,1H3;1H. The fourth-order valence-corrected chi connectivity index (χ4v) is 2.16. The van der Waals surface area contributed by atoms with Gasteiger partial charge in [-0.25, -0.2) is 0 Å². The number of likely N-dealkylation sites (N-methyl/N-ethyl adjacent to an activating group) is 1. The van der Waals surface area contributed by atoms with Gasteiger partial charge in [-0.3, -0.25) is 4.79 Å². The Kier molecular flexibility index (Phi) is 10.4. The van der Waals surface area contributed by atoms with E-state index in [9.17, 15) is 4.79 Å². The SMILES string of the molecule is CN(CC1CCCO1)C(=O)CCCCCCN.Cl. The molecular weight excluding hydrogens is 252 g/mol. The minimum Gasteiger partial charge on any atom is -0.376 e. The highest BCUT2D eigenvalue weighted by Crippen LogP contribution is 2.13. The van der Waals surface area contributed by atoms with Crippen LogP contribution in [0.1, 0.15) is 44.9 Å². The molecule has 4 nitrogen and oxygen atoms in total.